The van der Waals surface area contributed by atoms with Gasteiger partial charge in [0.05, 0.1) is 11.5 Å². The Kier molecular flexibility index (Phi) is 4.84. The number of aromatic carboxylic acids is 1. The minimum atomic E-state index is -1.02. The monoisotopic (exact) mass is 312 g/mol. The van der Waals surface area contributed by atoms with Gasteiger partial charge in [-0.1, -0.05) is 29.8 Å². The van der Waals surface area contributed by atoms with Crippen LogP contribution in [-0.2, 0) is 11.2 Å². The molecule has 4 nitrogen and oxygen atoms in total. The summed E-state index contributed by atoms with van der Waals surface area (Å²) in [4.78, 5) is 22.6. The average molecular weight is 312 g/mol. The number of hydrogen-bond acceptors (Lipinski definition) is 2. The molecule has 1 unspecified atom stereocenters. The second-order valence-corrected chi connectivity index (χ2v) is 5.90. The van der Waals surface area contributed by atoms with E-state index in [2.05, 4.69) is 12.1 Å². The first-order valence-corrected chi connectivity index (χ1v) is 7.42. The van der Waals surface area contributed by atoms with Crippen molar-refractivity contribution < 1.29 is 19.8 Å². The summed E-state index contributed by atoms with van der Waals surface area (Å²) in [7, 11) is 0. The molecule has 0 saturated heterocycles. The molecule has 0 aliphatic rings. The molecule has 2 aromatic rings. The summed E-state index contributed by atoms with van der Waals surface area (Å²) in [5.74, 6) is -2.63. The van der Waals surface area contributed by atoms with Crippen LogP contribution in [0.25, 0.3) is 0 Å². The third-order valence-corrected chi connectivity index (χ3v) is 4.11. The Morgan fingerprint density at radius 1 is 0.957 bits per heavy atom. The third-order valence-electron chi connectivity index (χ3n) is 4.11. The summed E-state index contributed by atoms with van der Waals surface area (Å²) in [5, 5.41) is 18.5. The van der Waals surface area contributed by atoms with Gasteiger partial charge in [-0.3, -0.25) is 4.79 Å². The van der Waals surface area contributed by atoms with Crippen molar-refractivity contribution in [2.75, 3.05) is 0 Å². The first-order chi connectivity index (χ1) is 10.8. The van der Waals surface area contributed by atoms with E-state index in [-0.39, 0.29) is 5.56 Å². The van der Waals surface area contributed by atoms with Crippen molar-refractivity contribution in [3.63, 3.8) is 0 Å². The number of rotatable bonds is 5. The number of hydrogen-bond donors (Lipinski definition) is 2. The number of aryl methyl sites for hydroxylation is 3. The van der Waals surface area contributed by atoms with Crippen LogP contribution in [0.1, 0.15) is 44.1 Å². The van der Waals surface area contributed by atoms with Crippen LogP contribution in [0.4, 0.5) is 0 Å². The molecule has 0 aromatic heterocycles. The highest BCUT2D eigenvalue weighted by molar-refractivity contribution is 5.87. The van der Waals surface area contributed by atoms with Gasteiger partial charge >= 0.3 is 11.9 Å². The molecule has 0 spiro atoms. The lowest BCUT2D eigenvalue weighted by atomic mass is 9.87. The summed E-state index contributed by atoms with van der Waals surface area (Å²) in [6.07, 6.45) is 0.389. The summed E-state index contributed by atoms with van der Waals surface area (Å²) >= 11 is 0. The van der Waals surface area contributed by atoms with Crippen LogP contribution in [0.2, 0.25) is 0 Å². The van der Waals surface area contributed by atoms with Gasteiger partial charge in [0.2, 0.25) is 0 Å². The molecule has 0 heterocycles. The largest absolute Gasteiger partial charge is 0.481 e. The van der Waals surface area contributed by atoms with Crippen LogP contribution in [0.3, 0.4) is 0 Å². The van der Waals surface area contributed by atoms with E-state index in [1.54, 1.807) is 12.1 Å². The predicted octanol–water partition coefficient (Wildman–Crippen LogP) is 3.72. The standard InChI is InChI=1S/C19H20O4/c1-11-8-12(2)16(13(3)9-11)10-17(19(22)23)14-4-6-15(7-5-14)18(20)21/h4-9,17H,10H2,1-3H3,(H,20,21)(H,22,23). The maximum atomic E-state index is 11.7. The van der Waals surface area contributed by atoms with Crippen molar-refractivity contribution >= 4 is 11.9 Å². The van der Waals surface area contributed by atoms with E-state index < -0.39 is 17.9 Å². The van der Waals surface area contributed by atoms with Crippen molar-refractivity contribution in [1.29, 1.82) is 0 Å². The Bertz CT molecular complexity index is 721. The Balaban J connectivity index is 2.37. The topological polar surface area (TPSA) is 74.6 Å². The maximum Gasteiger partial charge on any atom is 0.335 e. The lowest BCUT2D eigenvalue weighted by molar-refractivity contribution is -0.138. The Morgan fingerprint density at radius 2 is 1.48 bits per heavy atom. The highest BCUT2D eigenvalue weighted by atomic mass is 16.4. The number of carboxylic acids is 2. The molecular weight excluding hydrogens is 292 g/mol. The van der Waals surface area contributed by atoms with Gasteiger partial charge in [-0.05, 0) is 61.6 Å². The maximum absolute atomic E-state index is 11.7. The van der Waals surface area contributed by atoms with Crippen molar-refractivity contribution in [3.8, 4) is 0 Å². The van der Waals surface area contributed by atoms with Gasteiger partial charge in [0.15, 0.2) is 0 Å². The fourth-order valence-corrected chi connectivity index (χ4v) is 2.94. The van der Waals surface area contributed by atoms with Gasteiger partial charge in [0.25, 0.3) is 0 Å². The lowest BCUT2D eigenvalue weighted by Crippen LogP contribution is -2.16. The molecule has 2 aromatic carbocycles. The first-order valence-electron chi connectivity index (χ1n) is 7.42. The molecule has 4 heteroatoms. The van der Waals surface area contributed by atoms with Crippen LogP contribution in [0.15, 0.2) is 36.4 Å². The number of carboxylic acid groups (broad SMARTS) is 2. The zero-order valence-electron chi connectivity index (χ0n) is 13.5. The normalized spacial score (nSPS) is 12.0. The van der Waals surface area contributed by atoms with Crippen molar-refractivity contribution in [3.05, 3.63) is 69.8 Å². The Hall–Kier alpha value is -2.62. The molecule has 0 radical (unpaired) electrons. The van der Waals surface area contributed by atoms with Crippen molar-refractivity contribution in [2.45, 2.75) is 33.1 Å². The highest BCUT2D eigenvalue weighted by Gasteiger charge is 2.22. The van der Waals surface area contributed by atoms with Gasteiger partial charge < -0.3 is 10.2 Å². The Labute approximate surface area is 135 Å². The summed E-state index contributed by atoms with van der Waals surface area (Å²) in [5.41, 5.74) is 5.11. The zero-order valence-corrected chi connectivity index (χ0v) is 13.5. The van der Waals surface area contributed by atoms with Crippen LogP contribution in [0.5, 0.6) is 0 Å². The van der Waals surface area contributed by atoms with Crippen LogP contribution in [-0.4, -0.2) is 22.2 Å². The van der Waals surface area contributed by atoms with Gasteiger partial charge in [-0.25, -0.2) is 4.79 Å². The molecule has 0 bridgehead atoms. The average Bonchev–Trinajstić information content (AvgIpc) is 2.46. The van der Waals surface area contributed by atoms with E-state index in [1.165, 1.54) is 12.1 Å². The summed E-state index contributed by atoms with van der Waals surface area (Å²) in [6, 6.07) is 10.2. The lowest BCUT2D eigenvalue weighted by Gasteiger charge is -2.17. The van der Waals surface area contributed by atoms with E-state index in [0.717, 1.165) is 22.3 Å². The van der Waals surface area contributed by atoms with Gasteiger partial charge in [-0.15, -0.1) is 0 Å². The summed E-state index contributed by atoms with van der Waals surface area (Å²) < 4.78 is 0. The smallest absolute Gasteiger partial charge is 0.335 e. The predicted molar refractivity (Wildman–Crippen MR) is 88.1 cm³/mol. The van der Waals surface area contributed by atoms with E-state index in [4.69, 9.17) is 5.11 Å². The van der Waals surface area contributed by atoms with Crippen molar-refractivity contribution in [1.82, 2.24) is 0 Å². The minimum Gasteiger partial charge on any atom is -0.481 e. The molecule has 0 aliphatic carbocycles. The van der Waals surface area contributed by atoms with E-state index in [9.17, 15) is 14.7 Å². The van der Waals surface area contributed by atoms with E-state index in [0.29, 0.717) is 12.0 Å². The van der Waals surface area contributed by atoms with Crippen LogP contribution >= 0.6 is 0 Å². The SMILES string of the molecule is Cc1cc(C)c(CC(C(=O)O)c2ccc(C(=O)O)cc2)c(C)c1. The third kappa shape index (κ3) is 3.77. The second kappa shape index (κ2) is 6.65. The molecule has 0 fully saturated rings. The number of benzene rings is 2. The van der Waals surface area contributed by atoms with E-state index >= 15 is 0 Å². The molecule has 2 N–H and O–H groups in total. The fourth-order valence-electron chi connectivity index (χ4n) is 2.94. The zero-order chi connectivity index (χ0) is 17.1. The second-order valence-electron chi connectivity index (χ2n) is 5.90. The molecular formula is C19H20O4. The molecule has 23 heavy (non-hydrogen) atoms. The number of carbonyl (C=O) groups is 2. The number of aliphatic carboxylic acids is 1. The molecule has 0 saturated carbocycles. The Morgan fingerprint density at radius 3 is 1.91 bits per heavy atom. The fraction of sp³-hybridized carbons (Fsp3) is 0.263. The quantitative estimate of drug-likeness (QED) is 0.882. The van der Waals surface area contributed by atoms with Crippen molar-refractivity contribution in [2.24, 2.45) is 0 Å². The molecule has 0 amide bonds. The first kappa shape index (κ1) is 16.7. The van der Waals surface area contributed by atoms with Gasteiger partial charge in [-0.2, -0.15) is 0 Å². The molecule has 2 rings (SSSR count). The summed E-state index contributed by atoms with van der Waals surface area (Å²) in [6.45, 7) is 5.99. The molecule has 0 aliphatic heterocycles. The highest BCUT2D eigenvalue weighted by Crippen LogP contribution is 2.26. The molecule has 1 atom stereocenters. The van der Waals surface area contributed by atoms with Crippen LogP contribution in [0, 0.1) is 20.8 Å². The van der Waals surface area contributed by atoms with Gasteiger partial charge in [0, 0.05) is 0 Å². The van der Waals surface area contributed by atoms with Gasteiger partial charge in [0.1, 0.15) is 0 Å². The minimum absolute atomic E-state index is 0.153. The van der Waals surface area contributed by atoms with Crippen LogP contribution < -0.4 is 0 Å². The molecule has 120 valence electrons. The van der Waals surface area contributed by atoms with E-state index in [1.807, 2.05) is 20.8 Å².